The first kappa shape index (κ1) is 22.3. The van der Waals surface area contributed by atoms with E-state index < -0.39 is 44.2 Å². The van der Waals surface area contributed by atoms with Crippen LogP contribution >= 0.6 is 22.9 Å². The zero-order chi connectivity index (χ0) is 21.9. The highest BCUT2D eigenvalue weighted by molar-refractivity contribution is 7.89. The predicted molar refractivity (Wildman–Crippen MR) is 101 cm³/mol. The van der Waals surface area contributed by atoms with Crippen molar-refractivity contribution >= 4 is 38.9 Å². The van der Waals surface area contributed by atoms with Gasteiger partial charge in [0.2, 0.25) is 10.0 Å². The maximum Gasteiger partial charge on any atom is 0.416 e. The third-order valence-electron chi connectivity index (χ3n) is 3.66. The number of carbonyl (C=O) groups excluding carboxylic acids is 1. The molecular formula is C17H12ClF3N2O5S2. The topological polar surface area (TPSA) is 98.5 Å². The summed E-state index contributed by atoms with van der Waals surface area (Å²) in [6.07, 6.45) is -4.76. The normalized spacial score (nSPS) is 12.1. The zero-order valence-electron chi connectivity index (χ0n) is 14.8. The molecule has 2 aromatic heterocycles. The number of nitrogens with one attached hydrogen (secondary N) is 1. The number of ether oxygens (including phenoxy) is 1. The molecule has 7 nitrogen and oxygen atoms in total. The molecule has 30 heavy (non-hydrogen) atoms. The fourth-order valence-corrected chi connectivity index (χ4v) is 4.40. The van der Waals surface area contributed by atoms with E-state index in [1.165, 1.54) is 11.3 Å². The van der Waals surface area contributed by atoms with Crippen molar-refractivity contribution in [3.05, 3.63) is 58.1 Å². The molecular weight excluding hydrogens is 469 g/mol. The lowest BCUT2D eigenvalue weighted by atomic mass is 10.2. The van der Waals surface area contributed by atoms with Crippen LogP contribution in [0.15, 0.2) is 51.2 Å². The largest absolute Gasteiger partial charge is 0.458 e. The highest BCUT2D eigenvalue weighted by Gasteiger charge is 2.32. The molecule has 0 amide bonds. The number of sulfonamides is 1. The Morgan fingerprint density at radius 2 is 2.03 bits per heavy atom. The molecule has 0 aliphatic rings. The summed E-state index contributed by atoms with van der Waals surface area (Å²) in [5, 5.41) is 5.16. The van der Waals surface area contributed by atoms with E-state index in [4.69, 9.17) is 20.9 Å². The van der Waals surface area contributed by atoms with Crippen molar-refractivity contribution < 1.29 is 35.6 Å². The molecule has 0 bridgehead atoms. The van der Waals surface area contributed by atoms with E-state index in [1.54, 1.807) is 6.07 Å². The van der Waals surface area contributed by atoms with E-state index in [0.29, 0.717) is 23.6 Å². The van der Waals surface area contributed by atoms with Crippen LogP contribution in [-0.4, -0.2) is 26.1 Å². The van der Waals surface area contributed by atoms with Crippen LogP contribution in [0.3, 0.4) is 0 Å². The van der Waals surface area contributed by atoms with Gasteiger partial charge >= 0.3 is 12.1 Å². The van der Waals surface area contributed by atoms with Crippen LogP contribution in [-0.2, 0) is 32.3 Å². The van der Waals surface area contributed by atoms with Crippen molar-refractivity contribution in [2.75, 3.05) is 6.54 Å². The number of halogens is 4. The minimum atomic E-state index is -4.76. The summed E-state index contributed by atoms with van der Waals surface area (Å²) in [6.45, 7) is -1.09. The van der Waals surface area contributed by atoms with Crippen molar-refractivity contribution in [2.24, 2.45) is 0 Å². The average molecular weight is 481 g/mol. The summed E-state index contributed by atoms with van der Waals surface area (Å²) in [6, 6.07) is 7.05. The number of aromatic nitrogens is 1. The quantitative estimate of drug-likeness (QED) is 0.511. The first-order valence-corrected chi connectivity index (χ1v) is 10.8. The third kappa shape index (κ3) is 5.39. The Balaban J connectivity index is 1.59. The SMILES string of the molecule is O=C(CNS(=O)(=O)c1cc(C(F)(F)F)ccc1Cl)OCc1cc(-c2cccs2)on1. The molecule has 0 saturated carbocycles. The van der Waals surface area contributed by atoms with E-state index in [-0.39, 0.29) is 6.61 Å². The maximum atomic E-state index is 12.8. The molecule has 160 valence electrons. The van der Waals surface area contributed by atoms with Gasteiger partial charge in [0, 0.05) is 6.07 Å². The fourth-order valence-electron chi connectivity index (χ4n) is 2.24. The number of benzene rings is 1. The lowest BCUT2D eigenvalue weighted by Crippen LogP contribution is -2.31. The second-order valence-electron chi connectivity index (χ2n) is 5.79. The molecule has 3 rings (SSSR count). The third-order valence-corrected chi connectivity index (χ3v) is 6.43. The smallest absolute Gasteiger partial charge is 0.416 e. The Morgan fingerprint density at radius 1 is 1.27 bits per heavy atom. The van der Waals surface area contributed by atoms with Crippen molar-refractivity contribution in [1.82, 2.24) is 9.88 Å². The highest BCUT2D eigenvalue weighted by Crippen LogP contribution is 2.33. The number of thiophene rings is 1. The van der Waals surface area contributed by atoms with Crippen LogP contribution in [0.25, 0.3) is 10.6 Å². The molecule has 1 aromatic carbocycles. The Labute approximate surface area is 177 Å². The van der Waals surface area contributed by atoms with Gasteiger partial charge in [-0.05, 0) is 29.6 Å². The van der Waals surface area contributed by atoms with E-state index in [0.717, 1.165) is 10.9 Å². The summed E-state index contributed by atoms with van der Waals surface area (Å²) >= 11 is 7.14. The Morgan fingerprint density at radius 3 is 2.70 bits per heavy atom. The van der Waals surface area contributed by atoms with Gasteiger partial charge in [0.1, 0.15) is 23.7 Å². The number of nitrogens with zero attached hydrogens (tertiary/aromatic N) is 1. The van der Waals surface area contributed by atoms with Crippen LogP contribution in [0, 0.1) is 0 Å². The van der Waals surface area contributed by atoms with Gasteiger partial charge in [-0.2, -0.15) is 17.9 Å². The average Bonchev–Trinajstić information content (AvgIpc) is 3.35. The van der Waals surface area contributed by atoms with Gasteiger partial charge in [0.15, 0.2) is 5.76 Å². The van der Waals surface area contributed by atoms with Crippen molar-refractivity contribution in [2.45, 2.75) is 17.7 Å². The predicted octanol–water partition coefficient (Wildman–Crippen LogP) is 4.10. The summed E-state index contributed by atoms with van der Waals surface area (Å²) in [4.78, 5) is 11.8. The minimum Gasteiger partial charge on any atom is -0.458 e. The summed E-state index contributed by atoms with van der Waals surface area (Å²) in [5.41, 5.74) is -0.891. The van der Waals surface area contributed by atoms with Crippen LogP contribution in [0.4, 0.5) is 13.2 Å². The van der Waals surface area contributed by atoms with Crippen LogP contribution in [0.1, 0.15) is 11.3 Å². The van der Waals surface area contributed by atoms with Gasteiger partial charge < -0.3 is 9.26 Å². The van der Waals surface area contributed by atoms with Gasteiger partial charge in [-0.25, -0.2) is 8.42 Å². The Bertz CT molecular complexity index is 1140. The van der Waals surface area contributed by atoms with Crippen molar-refractivity contribution in [1.29, 1.82) is 0 Å². The van der Waals surface area contributed by atoms with Crippen LogP contribution < -0.4 is 4.72 Å². The van der Waals surface area contributed by atoms with E-state index in [9.17, 15) is 26.4 Å². The standard InChI is InChI=1S/C17H12ClF3N2O5S2/c18-12-4-3-10(17(19,20)21)6-15(12)30(25,26)22-8-16(24)27-9-11-7-13(28-23-11)14-2-1-5-29-14/h1-7,22H,8-9H2. The van der Waals surface area contributed by atoms with Crippen molar-refractivity contribution in [3.8, 4) is 10.6 Å². The Kier molecular flexibility index (Phi) is 6.50. The molecule has 3 aromatic rings. The van der Waals surface area contributed by atoms with Crippen LogP contribution in [0.5, 0.6) is 0 Å². The minimum absolute atomic E-state index is 0.278. The summed E-state index contributed by atoms with van der Waals surface area (Å²) in [7, 11) is -4.49. The molecule has 0 saturated heterocycles. The summed E-state index contributed by atoms with van der Waals surface area (Å²) in [5.74, 6) is -0.488. The molecule has 13 heteroatoms. The first-order chi connectivity index (χ1) is 14.1. The molecule has 0 fully saturated rings. The van der Waals surface area contributed by atoms with Gasteiger partial charge in [-0.1, -0.05) is 22.8 Å². The molecule has 2 heterocycles. The lowest BCUT2D eigenvalue weighted by molar-refractivity contribution is -0.143. The molecule has 0 unspecified atom stereocenters. The van der Waals surface area contributed by atoms with Gasteiger partial charge in [0.05, 0.1) is 15.5 Å². The molecule has 0 aliphatic carbocycles. The monoisotopic (exact) mass is 480 g/mol. The number of hydrogen-bond donors (Lipinski definition) is 1. The number of rotatable bonds is 7. The number of esters is 1. The molecule has 1 N–H and O–H groups in total. The number of carbonyl (C=O) groups is 1. The summed E-state index contributed by atoms with van der Waals surface area (Å²) < 4.78 is 74.8. The Hall–Kier alpha value is -2.41. The van der Waals surface area contributed by atoms with Gasteiger partial charge in [-0.3, -0.25) is 4.79 Å². The lowest BCUT2D eigenvalue weighted by Gasteiger charge is -2.11. The van der Waals surface area contributed by atoms with E-state index in [2.05, 4.69) is 5.16 Å². The molecule has 0 atom stereocenters. The van der Waals surface area contributed by atoms with Gasteiger partial charge in [-0.15, -0.1) is 11.3 Å². The number of alkyl halides is 3. The number of hydrogen-bond acceptors (Lipinski definition) is 7. The molecule has 0 spiro atoms. The van der Waals surface area contributed by atoms with E-state index in [1.807, 2.05) is 22.2 Å². The second kappa shape index (κ2) is 8.76. The zero-order valence-corrected chi connectivity index (χ0v) is 17.2. The first-order valence-electron chi connectivity index (χ1n) is 8.08. The molecule has 0 radical (unpaired) electrons. The second-order valence-corrected chi connectivity index (χ2v) is 8.88. The van der Waals surface area contributed by atoms with Crippen molar-refractivity contribution in [3.63, 3.8) is 0 Å². The fraction of sp³-hybridized carbons (Fsp3) is 0.176. The maximum absolute atomic E-state index is 12.8. The highest BCUT2D eigenvalue weighted by atomic mass is 35.5. The molecule has 0 aliphatic heterocycles. The van der Waals surface area contributed by atoms with Gasteiger partial charge in [0.25, 0.3) is 0 Å². The van der Waals surface area contributed by atoms with E-state index >= 15 is 0 Å². The van der Waals surface area contributed by atoms with Crippen LogP contribution in [0.2, 0.25) is 5.02 Å².